The molecule has 5 aromatic rings. The molecule has 5 rings (SSSR count). The number of fused-ring (bicyclic) bond motifs is 1. The fraction of sp³-hybridized carbons (Fsp3) is 0.0400. The van der Waals surface area contributed by atoms with Crippen molar-refractivity contribution in [2.45, 2.75) is 6.54 Å². The fourth-order valence-electron chi connectivity index (χ4n) is 3.74. The SMILES string of the molecule is O=c1c(-n2c(-c3ccccc3)cc3ccccc32)nc(Cl)cn1Cc1ccccc1. The van der Waals surface area contributed by atoms with E-state index in [0.717, 1.165) is 27.7 Å². The van der Waals surface area contributed by atoms with Gasteiger partial charge in [-0.3, -0.25) is 9.36 Å². The van der Waals surface area contributed by atoms with Gasteiger partial charge in [0.15, 0.2) is 0 Å². The Morgan fingerprint density at radius 2 is 1.50 bits per heavy atom. The molecule has 2 aromatic heterocycles. The molecule has 0 N–H and O–H groups in total. The van der Waals surface area contributed by atoms with E-state index in [2.05, 4.69) is 11.1 Å². The highest BCUT2D eigenvalue weighted by molar-refractivity contribution is 6.29. The lowest BCUT2D eigenvalue weighted by Crippen LogP contribution is -2.26. The first-order valence-corrected chi connectivity index (χ1v) is 10.1. The smallest absolute Gasteiger partial charge is 0.294 e. The number of para-hydroxylation sites is 1. The molecule has 3 aromatic carbocycles. The zero-order chi connectivity index (χ0) is 20.5. The van der Waals surface area contributed by atoms with E-state index in [1.54, 1.807) is 10.8 Å². The molecule has 30 heavy (non-hydrogen) atoms. The monoisotopic (exact) mass is 411 g/mol. The van der Waals surface area contributed by atoms with Gasteiger partial charge in [0.2, 0.25) is 5.82 Å². The van der Waals surface area contributed by atoms with Crippen molar-refractivity contribution in [2.24, 2.45) is 0 Å². The summed E-state index contributed by atoms with van der Waals surface area (Å²) in [6, 6.07) is 29.9. The number of aromatic nitrogens is 3. The largest absolute Gasteiger partial charge is 0.305 e. The zero-order valence-corrected chi connectivity index (χ0v) is 16.8. The van der Waals surface area contributed by atoms with E-state index < -0.39 is 0 Å². The number of benzene rings is 3. The third kappa shape index (κ3) is 3.31. The van der Waals surface area contributed by atoms with E-state index in [4.69, 9.17) is 11.6 Å². The van der Waals surface area contributed by atoms with E-state index in [-0.39, 0.29) is 10.7 Å². The lowest BCUT2D eigenvalue weighted by atomic mass is 10.1. The summed E-state index contributed by atoms with van der Waals surface area (Å²) in [6.45, 7) is 0.425. The molecule has 0 aliphatic carbocycles. The Labute approximate surface area is 178 Å². The van der Waals surface area contributed by atoms with Crippen LogP contribution in [0, 0.1) is 0 Å². The second kappa shape index (κ2) is 7.65. The molecular formula is C25H18ClN3O. The Kier molecular flexibility index (Phi) is 4.69. The predicted molar refractivity (Wildman–Crippen MR) is 121 cm³/mol. The van der Waals surface area contributed by atoms with Crippen LogP contribution in [0.5, 0.6) is 0 Å². The van der Waals surface area contributed by atoms with Crippen LogP contribution in [0.15, 0.2) is 102 Å². The van der Waals surface area contributed by atoms with Gasteiger partial charge in [0.05, 0.1) is 17.8 Å². The van der Waals surface area contributed by atoms with Gasteiger partial charge in [-0.2, -0.15) is 0 Å². The Morgan fingerprint density at radius 1 is 0.833 bits per heavy atom. The van der Waals surface area contributed by atoms with Gasteiger partial charge in [-0.05, 0) is 23.3 Å². The topological polar surface area (TPSA) is 39.8 Å². The fourth-order valence-corrected chi connectivity index (χ4v) is 3.94. The summed E-state index contributed by atoms with van der Waals surface area (Å²) >= 11 is 6.37. The van der Waals surface area contributed by atoms with Crippen molar-refractivity contribution < 1.29 is 0 Å². The summed E-state index contributed by atoms with van der Waals surface area (Å²) in [5.74, 6) is 0.290. The van der Waals surface area contributed by atoms with Gasteiger partial charge >= 0.3 is 0 Å². The molecule has 4 nitrogen and oxygen atoms in total. The highest BCUT2D eigenvalue weighted by atomic mass is 35.5. The van der Waals surface area contributed by atoms with E-state index in [0.29, 0.717) is 12.4 Å². The quantitative estimate of drug-likeness (QED) is 0.388. The van der Waals surface area contributed by atoms with E-state index >= 15 is 0 Å². The van der Waals surface area contributed by atoms with Crippen LogP contribution in [0.4, 0.5) is 0 Å². The predicted octanol–water partition coefficient (Wildman–Crippen LogP) is 5.56. The van der Waals surface area contributed by atoms with Crippen LogP contribution in [0.3, 0.4) is 0 Å². The second-order valence-electron chi connectivity index (χ2n) is 7.10. The third-order valence-electron chi connectivity index (χ3n) is 5.12. The molecule has 0 amide bonds. The van der Waals surface area contributed by atoms with Gasteiger partial charge in [-0.1, -0.05) is 90.5 Å². The first-order chi connectivity index (χ1) is 14.7. The van der Waals surface area contributed by atoms with Gasteiger partial charge in [-0.15, -0.1) is 0 Å². The van der Waals surface area contributed by atoms with Crippen molar-refractivity contribution in [3.63, 3.8) is 0 Å². The molecule has 0 bridgehead atoms. The third-order valence-corrected chi connectivity index (χ3v) is 5.30. The minimum atomic E-state index is -0.193. The van der Waals surface area contributed by atoms with E-state index in [1.165, 1.54) is 0 Å². The Bertz CT molecular complexity index is 1390. The minimum absolute atomic E-state index is 0.193. The van der Waals surface area contributed by atoms with Crippen molar-refractivity contribution in [3.05, 3.63) is 118 Å². The molecule has 0 unspecified atom stereocenters. The van der Waals surface area contributed by atoms with Crippen LogP contribution >= 0.6 is 11.6 Å². The molecule has 0 radical (unpaired) electrons. The molecule has 0 fully saturated rings. The van der Waals surface area contributed by atoms with Gasteiger partial charge in [0.1, 0.15) is 5.15 Å². The van der Waals surface area contributed by atoms with Crippen molar-refractivity contribution in [1.82, 2.24) is 14.1 Å². The van der Waals surface area contributed by atoms with Crippen LogP contribution in [0.1, 0.15) is 5.56 Å². The van der Waals surface area contributed by atoms with Crippen LogP contribution in [0.2, 0.25) is 5.15 Å². The number of hydrogen-bond donors (Lipinski definition) is 0. The van der Waals surface area contributed by atoms with Crippen molar-refractivity contribution >= 4 is 22.5 Å². The maximum Gasteiger partial charge on any atom is 0.294 e. The Hall–Kier alpha value is -3.63. The summed E-state index contributed by atoms with van der Waals surface area (Å²) in [4.78, 5) is 17.9. The molecule has 5 heteroatoms. The molecule has 0 saturated heterocycles. The maximum absolute atomic E-state index is 13.5. The van der Waals surface area contributed by atoms with Gasteiger partial charge in [-0.25, -0.2) is 4.98 Å². The molecule has 0 saturated carbocycles. The number of rotatable bonds is 4. The summed E-state index contributed by atoms with van der Waals surface area (Å²) in [5.41, 5.74) is 3.64. The summed E-state index contributed by atoms with van der Waals surface area (Å²) in [7, 11) is 0. The van der Waals surface area contributed by atoms with Gasteiger partial charge in [0.25, 0.3) is 5.56 Å². The normalized spacial score (nSPS) is 11.1. The average molecular weight is 412 g/mol. The number of halogens is 1. The lowest BCUT2D eigenvalue weighted by molar-refractivity contribution is 0.737. The van der Waals surface area contributed by atoms with E-state index in [1.807, 2.05) is 89.5 Å². The molecule has 0 aliphatic heterocycles. The molecule has 2 heterocycles. The van der Waals surface area contributed by atoms with Crippen molar-refractivity contribution in [1.29, 1.82) is 0 Å². The van der Waals surface area contributed by atoms with Crippen LogP contribution < -0.4 is 5.56 Å². The average Bonchev–Trinajstić information content (AvgIpc) is 3.17. The Balaban J connectivity index is 1.76. The highest BCUT2D eigenvalue weighted by Gasteiger charge is 2.18. The first-order valence-electron chi connectivity index (χ1n) is 9.68. The first kappa shape index (κ1) is 18.4. The van der Waals surface area contributed by atoms with Crippen molar-refractivity contribution in [3.8, 4) is 17.1 Å². The number of hydrogen-bond acceptors (Lipinski definition) is 2. The minimum Gasteiger partial charge on any atom is -0.305 e. The molecule has 0 atom stereocenters. The molecule has 0 spiro atoms. The van der Waals surface area contributed by atoms with Crippen molar-refractivity contribution in [2.75, 3.05) is 0 Å². The lowest BCUT2D eigenvalue weighted by Gasteiger charge is -2.13. The van der Waals surface area contributed by atoms with E-state index in [9.17, 15) is 4.79 Å². The maximum atomic E-state index is 13.5. The van der Waals surface area contributed by atoms with Crippen LogP contribution in [-0.2, 0) is 6.54 Å². The van der Waals surface area contributed by atoms with Crippen LogP contribution in [-0.4, -0.2) is 14.1 Å². The molecular weight excluding hydrogens is 394 g/mol. The Morgan fingerprint density at radius 3 is 2.27 bits per heavy atom. The summed E-state index contributed by atoms with van der Waals surface area (Å²) in [6.07, 6.45) is 1.59. The van der Waals surface area contributed by atoms with Gasteiger partial charge in [0, 0.05) is 11.6 Å². The number of nitrogens with zero attached hydrogens (tertiary/aromatic N) is 3. The van der Waals surface area contributed by atoms with Gasteiger partial charge < -0.3 is 4.57 Å². The second-order valence-corrected chi connectivity index (χ2v) is 7.48. The highest BCUT2D eigenvalue weighted by Crippen LogP contribution is 2.30. The van der Waals surface area contributed by atoms with Crippen LogP contribution in [0.25, 0.3) is 28.0 Å². The molecule has 146 valence electrons. The summed E-state index contributed by atoms with van der Waals surface area (Å²) < 4.78 is 3.52. The summed E-state index contributed by atoms with van der Waals surface area (Å²) in [5, 5.41) is 1.31. The molecule has 0 aliphatic rings. The zero-order valence-electron chi connectivity index (χ0n) is 16.1. The standard InChI is InChI=1S/C25H18ClN3O/c26-23-17-28(16-18-9-3-1-4-10-18)25(30)24(27-23)29-21-14-8-7-13-20(21)15-22(29)19-11-5-2-6-12-19/h1-15,17H,16H2.